The maximum atomic E-state index is 13.1. The number of hydrogen-bond donors (Lipinski definition) is 2. The molecule has 8 nitrogen and oxygen atoms in total. The summed E-state index contributed by atoms with van der Waals surface area (Å²) in [5.74, 6) is 2.01. The Morgan fingerprint density at radius 1 is 0.921 bits per heavy atom. The van der Waals surface area contributed by atoms with Gasteiger partial charge in [0, 0.05) is 36.3 Å². The maximum Gasteiger partial charge on any atom is 0.238 e. The summed E-state index contributed by atoms with van der Waals surface area (Å²) >= 11 is 0. The average Bonchev–Trinajstić information content (AvgIpc) is 3.76. The minimum atomic E-state index is -0.968. The number of fused-ring (bicyclic) bond motifs is 1. The quantitative estimate of drug-likeness (QED) is 0.287. The Morgan fingerprint density at radius 3 is 2.32 bits per heavy atom. The summed E-state index contributed by atoms with van der Waals surface area (Å²) in [7, 11) is 3.15. The van der Waals surface area contributed by atoms with E-state index in [-0.39, 0.29) is 18.1 Å². The molecule has 0 bridgehead atoms. The second-order valence-corrected chi connectivity index (χ2v) is 9.32. The van der Waals surface area contributed by atoms with Crippen LogP contribution in [-0.2, 0) is 22.6 Å². The van der Waals surface area contributed by atoms with Gasteiger partial charge >= 0.3 is 0 Å². The van der Waals surface area contributed by atoms with Crippen molar-refractivity contribution in [3.05, 3.63) is 84.1 Å². The topological polar surface area (TPSA) is 113 Å². The van der Waals surface area contributed by atoms with Gasteiger partial charge in [-0.1, -0.05) is 24.3 Å². The van der Waals surface area contributed by atoms with Gasteiger partial charge in [0.05, 0.1) is 19.7 Å². The van der Waals surface area contributed by atoms with E-state index in [0.717, 1.165) is 16.5 Å². The number of anilines is 1. The molecule has 0 radical (unpaired) electrons. The summed E-state index contributed by atoms with van der Waals surface area (Å²) in [5, 5.41) is 3.68. The van der Waals surface area contributed by atoms with E-state index in [1.165, 1.54) is 0 Å². The van der Waals surface area contributed by atoms with Gasteiger partial charge in [-0.15, -0.1) is 0 Å². The van der Waals surface area contributed by atoms with E-state index in [4.69, 9.17) is 19.9 Å². The number of pyridine rings is 1. The molecular weight excluding hydrogens is 482 g/mol. The van der Waals surface area contributed by atoms with Crippen molar-refractivity contribution in [3.8, 4) is 23.0 Å². The molecule has 194 valence electrons. The average molecular weight is 512 g/mol. The lowest BCUT2D eigenvalue weighted by molar-refractivity contribution is -0.132. The van der Waals surface area contributed by atoms with E-state index >= 15 is 0 Å². The number of nitrogens with two attached hydrogens (primary N) is 1. The van der Waals surface area contributed by atoms with Gasteiger partial charge in [-0.25, -0.2) is 0 Å². The molecule has 1 aromatic heterocycles. The maximum absolute atomic E-state index is 13.1. The molecule has 1 aliphatic rings. The van der Waals surface area contributed by atoms with Crippen LogP contribution in [0.3, 0.4) is 0 Å². The van der Waals surface area contributed by atoms with Gasteiger partial charge < -0.3 is 25.3 Å². The Balaban J connectivity index is 1.27. The lowest BCUT2D eigenvalue weighted by Crippen LogP contribution is -2.32. The number of rotatable bonds is 10. The first-order valence-corrected chi connectivity index (χ1v) is 12.4. The Hall–Kier alpha value is -4.43. The molecule has 5 rings (SSSR count). The van der Waals surface area contributed by atoms with Crippen LogP contribution < -0.4 is 25.3 Å². The van der Waals surface area contributed by atoms with Crippen LogP contribution in [0.2, 0.25) is 0 Å². The number of aromatic nitrogens is 1. The molecule has 1 aliphatic carbocycles. The molecule has 1 heterocycles. The predicted molar refractivity (Wildman–Crippen MR) is 145 cm³/mol. The van der Waals surface area contributed by atoms with Crippen molar-refractivity contribution in [1.82, 2.24) is 4.98 Å². The summed E-state index contributed by atoms with van der Waals surface area (Å²) in [6.45, 7) is 0.410. The fourth-order valence-electron chi connectivity index (χ4n) is 4.50. The third kappa shape index (κ3) is 5.03. The Labute approximate surface area is 220 Å². The van der Waals surface area contributed by atoms with Gasteiger partial charge in [-0.05, 0) is 60.4 Å². The van der Waals surface area contributed by atoms with E-state index < -0.39 is 5.41 Å². The highest BCUT2D eigenvalue weighted by Crippen LogP contribution is 2.48. The van der Waals surface area contributed by atoms with Gasteiger partial charge in [0.15, 0.2) is 17.3 Å². The second-order valence-electron chi connectivity index (χ2n) is 9.32. The first kappa shape index (κ1) is 25.2. The third-order valence-corrected chi connectivity index (χ3v) is 6.86. The standard InChI is InChI=1S/C30H29N3O5/c1-36-26-16-23-24(17-27(26)37-2)32-13-10-25(23)38-22-8-6-21(7-9-22)33-29(35)30(11-12-30)28(34)15-19-4-3-5-20(14-19)18-31/h3-10,13-14,16-17H,11-12,15,18,31H2,1-2H3,(H,33,35). The van der Waals surface area contributed by atoms with Crippen LogP contribution in [0.25, 0.3) is 10.9 Å². The molecular formula is C30H29N3O5. The highest BCUT2D eigenvalue weighted by molar-refractivity contribution is 6.14. The molecule has 0 unspecified atom stereocenters. The van der Waals surface area contributed by atoms with Gasteiger partial charge in [0.2, 0.25) is 5.91 Å². The van der Waals surface area contributed by atoms with Crippen molar-refractivity contribution in [1.29, 1.82) is 0 Å². The summed E-state index contributed by atoms with van der Waals surface area (Å²) in [6, 6.07) is 20.1. The first-order chi connectivity index (χ1) is 18.5. The van der Waals surface area contributed by atoms with Crippen LogP contribution in [0.1, 0.15) is 24.0 Å². The molecule has 0 spiro atoms. The molecule has 1 amide bonds. The lowest BCUT2D eigenvalue weighted by atomic mass is 9.93. The molecule has 1 saturated carbocycles. The van der Waals surface area contributed by atoms with Crippen molar-refractivity contribution in [2.75, 3.05) is 19.5 Å². The van der Waals surface area contributed by atoms with Crippen LogP contribution in [0.4, 0.5) is 5.69 Å². The lowest BCUT2D eigenvalue weighted by Gasteiger charge is -2.15. The van der Waals surface area contributed by atoms with Crippen LogP contribution in [0.5, 0.6) is 23.0 Å². The third-order valence-electron chi connectivity index (χ3n) is 6.86. The van der Waals surface area contributed by atoms with E-state index in [1.54, 1.807) is 56.8 Å². The molecule has 38 heavy (non-hydrogen) atoms. The summed E-state index contributed by atoms with van der Waals surface area (Å²) < 4.78 is 16.9. The number of carbonyl (C=O) groups excluding carboxylic acids is 2. The largest absolute Gasteiger partial charge is 0.493 e. The fraction of sp³-hybridized carbons (Fsp3) is 0.233. The zero-order valence-corrected chi connectivity index (χ0v) is 21.3. The molecule has 1 fully saturated rings. The smallest absolute Gasteiger partial charge is 0.238 e. The van der Waals surface area contributed by atoms with E-state index in [2.05, 4.69) is 10.3 Å². The van der Waals surface area contributed by atoms with Gasteiger partial charge in [0.1, 0.15) is 16.9 Å². The highest BCUT2D eigenvalue weighted by Gasteiger charge is 2.55. The van der Waals surface area contributed by atoms with Gasteiger partial charge in [0.25, 0.3) is 0 Å². The van der Waals surface area contributed by atoms with E-state index in [9.17, 15) is 9.59 Å². The Morgan fingerprint density at radius 2 is 1.63 bits per heavy atom. The number of carbonyl (C=O) groups is 2. The molecule has 4 aromatic rings. The predicted octanol–water partition coefficient (Wildman–Crippen LogP) is 5.03. The number of nitrogens with one attached hydrogen (secondary N) is 1. The number of ketones is 1. The Kier molecular flexibility index (Phi) is 6.98. The normalized spacial score (nSPS) is 13.6. The van der Waals surface area contributed by atoms with Gasteiger partial charge in [-0.3, -0.25) is 14.6 Å². The fourth-order valence-corrected chi connectivity index (χ4v) is 4.50. The Bertz CT molecular complexity index is 1500. The van der Waals surface area contributed by atoms with Crippen LogP contribution in [-0.4, -0.2) is 30.9 Å². The molecule has 0 aliphatic heterocycles. The number of amides is 1. The zero-order valence-electron chi connectivity index (χ0n) is 21.3. The van der Waals surface area contributed by atoms with Crippen LogP contribution >= 0.6 is 0 Å². The summed E-state index contributed by atoms with van der Waals surface area (Å²) in [4.78, 5) is 30.5. The SMILES string of the molecule is COc1cc2nccc(Oc3ccc(NC(=O)C4(C(=O)Cc5cccc(CN)c5)CC4)cc3)c2cc1OC. The number of Topliss-reactive ketones (excluding diaryl/α,β-unsaturated/α-hetero) is 1. The molecule has 8 heteroatoms. The minimum absolute atomic E-state index is 0.0688. The summed E-state index contributed by atoms with van der Waals surface area (Å²) in [5.41, 5.74) is 7.88. The first-order valence-electron chi connectivity index (χ1n) is 12.4. The van der Waals surface area contributed by atoms with Crippen molar-refractivity contribution in [3.63, 3.8) is 0 Å². The van der Waals surface area contributed by atoms with Crippen molar-refractivity contribution in [2.24, 2.45) is 11.1 Å². The number of nitrogens with zero attached hydrogens (tertiary/aromatic N) is 1. The monoisotopic (exact) mass is 511 g/mol. The highest BCUT2D eigenvalue weighted by atomic mass is 16.5. The van der Waals surface area contributed by atoms with E-state index in [0.29, 0.717) is 53.6 Å². The molecule has 3 N–H and O–H groups in total. The minimum Gasteiger partial charge on any atom is -0.493 e. The number of ether oxygens (including phenoxy) is 3. The van der Waals surface area contributed by atoms with Gasteiger partial charge in [-0.2, -0.15) is 0 Å². The molecule has 0 saturated heterocycles. The number of benzene rings is 3. The van der Waals surface area contributed by atoms with Crippen molar-refractivity contribution in [2.45, 2.75) is 25.8 Å². The van der Waals surface area contributed by atoms with Crippen LogP contribution in [0.15, 0.2) is 72.9 Å². The van der Waals surface area contributed by atoms with Crippen molar-refractivity contribution >= 4 is 28.3 Å². The second kappa shape index (κ2) is 10.5. The van der Waals surface area contributed by atoms with Crippen molar-refractivity contribution < 1.29 is 23.8 Å². The molecule has 3 aromatic carbocycles. The number of hydrogen-bond acceptors (Lipinski definition) is 7. The van der Waals surface area contributed by atoms with Crippen LogP contribution in [0, 0.1) is 5.41 Å². The molecule has 0 atom stereocenters. The zero-order chi connectivity index (χ0) is 26.7. The summed E-state index contributed by atoms with van der Waals surface area (Å²) in [6.07, 6.45) is 2.98. The number of methoxy groups -OCH3 is 2. The van der Waals surface area contributed by atoms with E-state index in [1.807, 2.05) is 30.3 Å².